The topological polar surface area (TPSA) is 71.8 Å². The van der Waals surface area contributed by atoms with Crippen LogP contribution in [0.15, 0.2) is 55.0 Å². The highest BCUT2D eigenvalue weighted by molar-refractivity contribution is 5.85. The van der Waals surface area contributed by atoms with Gasteiger partial charge in [0.25, 0.3) is 0 Å². The Bertz CT molecular complexity index is 1450. The van der Waals surface area contributed by atoms with Gasteiger partial charge in [-0.1, -0.05) is 6.42 Å². The van der Waals surface area contributed by atoms with Gasteiger partial charge in [-0.25, -0.2) is 4.98 Å². The van der Waals surface area contributed by atoms with Crippen LogP contribution in [0.5, 0.6) is 11.5 Å². The second-order valence-corrected chi connectivity index (χ2v) is 11.2. The predicted molar refractivity (Wildman–Crippen MR) is 170 cm³/mol. The Morgan fingerprint density at radius 2 is 1.69 bits per heavy atom. The first-order chi connectivity index (χ1) is 20.1. The van der Waals surface area contributed by atoms with Gasteiger partial charge in [0, 0.05) is 67.5 Å². The van der Waals surface area contributed by atoms with E-state index in [0.717, 1.165) is 70.7 Å². The molecule has 10 heteroatoms. The van der Waals surface area contributed by atoms with Crippen molar-refractivity contribution in [2.24, 2.45) is 7.05 Å². The van der Waals surface area contributed by atoms with Crippen LogP contribution >= 0.6 is 12.4 Å². The zero-order valence-corrected chi connectivity index (χ0v) is 25.7. The van der Waals surface area contributed by atoms with Crippen molar-refractivity contribution in [3.8, 4) is 22.8 Å². The van der Waals surface area contributed by atoms with Crippen molar-refractivity contribution < 1.29 is 9.47 Å². The average molecular weight is 592 g/mol. The zero-order valence-electron chi connectivity index (χ0n) is 24.9. The van der Waals surface area contributed by atoms with Crippen LogP contribution in [0.3, 0.4) is 0 Å². The third-order valence-corrected chi connectivity index (χ3v) is 8.50. The largest absolute Gasteiger partial charge is 0.497 e. The Kier molecular flexibility index (Phi) is 9.82. The van der Waals surface area contributed by atoms with Crippen LogP contribution in [0.4, 0.5) is 11.4 Å². The lowest BCUT2D eigenvalue weighted by Gasteiger charge is -2.32. The molecule has 1 atom stereocenters. The second-order valence-electron chi connectivity index (χ2n) is 11.2. The summed E-state index contributed by atoms with van der Waals surface area (Å²) in [6, 6.07) is 13.1. The highest BCUT2D eigenvalue weighted by Gasteiger charge is 2.28. The number of halogens is 1. The summed E-state index contributed by atoms with van der Waals surface area (Å²) in [5.74, 6) is 1.54. The van der Waals surface area contributed by atoms with Crippen LogP contribution in [0.1, 0.15) is 32.1 Å². The van der Waals surface area contributed by atoms with Crippen molar-refractivity contribution in [2.45, 2.75) is 38.1 Å². The van der Waals surface area contributed by atoms with Crippen molar-refractivity contribution in [1.29, 1.82) is 0 Å². The van der Waals surface area contributed by atoms with Crippen molar-refractivity contribution >= 4 is 34.8 Å². The van der Waals surface area contributed by atoms with Crippen LogP contribution in [0.2, 0.25) is 0 Å². The third kappa shape index (κ3) is 6.80. The van der Waals surface area contributed by atoms with Gasteiger partial charge in [0.15, 0.2) is 0 Å². The van der Waals surface area contributed by atoms with Crippen LogP contribution < -0.4 is 14.4 Å². The molecule has 0 saturated carbocycles. The fourth-order valence-electron chi connectivity index (χ4n) is 6.27. The molecule has 0 amide bonds. The number of rotatable bonds is 10. The molecule has 9 nitrogen and oxygen atoms in total. The lowest BCUT2D eigenvalue weighted by molar-refractivity contribution is 0.162. The molecule has 224 valence electrons. The molecule has 2 aliphatic heterocycles. The molecule has 2 saturated heterocycles. The maximum absolute atomic E-state index is 5.63. The van der Waals surface area contributed by atoms with E-state index in [1.165, 1.54) is 51.9 Å². The molecule has 2 fully saturated rings. The summed E-state index contributed by atoms with van der Waals surface area (Å²) in [6.45, 7) is 6.88. The molecule has 2 aromatic carbocycles. The van der Waals surface area contributed by atoms with Crippen LogP contribution in [0.25, 0.3) is 22.3 Å². The van der Waals surface area contributed by atoms with Gasteiger partial charge >= 0.3 is 0 Å². The first kappa shape index (κ1) is 30.1. The monoisotopic (exact) mass is 591 g/mol. The molecule has 0 spiro atoms. The predicted octanol–water partition coefficient (Wildman–Crippen LogP) is 5.56. The maximum atomic E-state index is 5.63. The number of benzene rings is 2. The van der Waals surface area contributed by atoms with Gasteiger partial charge in [-0.3, -0.25) is 14.6 Å². The van der Waals surface area contributed by atoms with E-state index in [-0.39, 0.29) is 12.4 Å². The molecular formula is C32H42ClN7O2. The number of piperidine rings is 1. The second kappa shape index (κ2) is 13.7. The molecule has 4 heterocycles. The summed E-state index contributed by atoms with van der Waals surface area (Å²) in [7, 11) is 5.30. The Labute approximate surface area is 254 Å². The van der Waals surface area contributed by atoms with Gasteiger partial charge in [-0.15, -0.1) is 12.4 Å². The third-order valence-electron chi connectivity index (χ3n) is 8.50. The van der Waals surface area contributed by atoms with E-state index >= 15 is 0 Å². The molecule has 0 aliphatic carbocycles. The molecule has 2 aromatic heterocycles. The number of likely N-dealkylation sites (tertiary alicyclic amines) is 2. The normalized spacial score (nSPS) is 17.7. The molecular weight excluding hydrogens is 550 g/mol. The number of aryl methyl sites for hydroxylation is 1. The van der Waals surface area contributed by atoms with E-state index in [1.807, 2.05) is 31.7 Å². The first-order valence-corrected chi connectivity index (χ1v) is 14.8. The molecule has 6 rings (SSSR count). The highest BCUT2D eigenvalue weighted by Crippen LogP contribution is 2.34. The van der Waals surface area contributed by atoms with E-state index in [4.69, 9.17) is 14.5 Å². The molecule has 0 N–H and O–H groups in total. The molecule has 4 aromatic rings. The smallest absolute Gasteiger partial charge is 0.124 e. The quantitative estimate of drug-likeness (QED) is 0.237. The van der Waals surface area contributed by atoms with Crippen molar-refractivity contribution in [3.05, 3.63) is 55.0 Å². The summed E-state index contributed by atoms with van der Waals surface area (Å²) >= 11 is 0. The highest BCUT2D eigenvalue weighted by atomic mass is 35.5. The summed E-state index contributed by atoms with van der Waals surface area (Å²) < 4.78 is 13.0. The number of ether oxygens (including phenoxy) is 2. The van der Waals surface area contributed by atoms with Crippen LogP contribution in [0, 0.1) is 0 Å². The number of aromatic nitrogens is 4. The lowest BCUT2D eigenvalue weighted by Crippen LogP contribution is -2.41. The summed E-state index contributed by atoms with van der Waals surface area (Å²) in [5, 5.41) is 4.30. The van der Waals surface area contributed by atoms with Gasteiger partial charge in [-0.2, -0.15) is 5.10 Å². The molecule has 0 radical (unpaired) electrons. The van der Waals surface area contributed by atoms with E-state index in [0.29, 0.717) is 0 Å². The Morgan fingerprint density at radius 3 is 2.40 bits per heavy atom. The van der Waals surface area contributed by atoms with E-state index < -0.39 is 0 Å². The van der Waals surface area contributed by atoms with Gasteiger partial charge in [0.05, 0.1) is 43.3 Å². The number of hydrogen-bond donors (Lipinski definition) is 0. The minimum Gasteiger partial charge on any atom is -0.497 e. The van der Waals surface area contributed by atoms with Crippen LogP contribution in [-0.4, -0.2) is 89.1 Å². The number of fused-ring (bicyclic) bond motifs is 1. The fraction of sp³-hybridized carbons (Fsp3) is 0.469. The summed E-state index contributed by atoms with van der Waals surface area (Å²) in [6.07, 6.45) is 12.0. The molecule has 1 unspecified atom stereocenters. The lowest BCUT2D eigenvalue weighted by atomic mass is 10.1. The van der Waals surface area contributed by atoms with Gasteiger partial charge in [-0.05, 0) is 70.1 Å². The zero-order chi connectivity index (χ0) is 28.2. The molecule has 42 heavy (non-hydrogen) atoms. The van der Waals surface area contributed by atoms with Crippen LogP contribution in [-0.2, 0) is 7.05 Å². The Balaban J connectivity index is 0.00000353. The Morgan fingerprint density at radius 1 is 0.905 bits per heavy atom. The first-order valence-electron chi connectivity index (χ1n) is 14.8. The van der Waals surface area contributed by atoms with Gasteiger partial charge in [0.1, 0.15) is 11.5 Å². The van der Waals surface area contributed by atoms with Gasteiger partial charge < -0.3 is 19.3 Å². The van der Waals surface area contributed by atoms with E-state index in [2.05, 4.69) is 55.1 Å². The number of anilines is 2. The molecule has 0 bridgehead atoms. The number of methoxy groups -OCH3 is 2. The minimum atomic E-state index is 0. The fourth-order valence-corrected chi connectivity index (χ4v) is 6.27. The van der Waals surface area contributed by atoms with Crippen molar-refractivity contribution in [1.82, 2.24) is 29.5 Å². The Hall–Kier alpha value is -3.40. The minimum absolute atomic E-state index is 0. The number of nitrogens with zero attached hydrogens (tertiary/aromatic N) is 7. The van der Waals surface area contributed by atoms with E-state index in [9.17, 15) is 0 Å². The number of hydrogen-bond acceptors (Lipinski definition) is 8. The summed E-state index contributed by atoms with van der Waals surface area (Å²) in [5.41, 5.74) is 5.59. The summed E-state index contributed by atoms with van der Waals surface area (Å²) in [4.78, 5) is 17.4. The molecule has 2 aliphatic rings. The van der Waals surface area contributed by atoms with Crippen molar-refractivity contribution in [3.63, 3.8) is 0 Å². The SMILES string of the molecule is COc1cc(OC)cc(N(CCCN2CCC(N3CCCCC3)C2)c2ccc3ncc(-c4cnn(C)c4)nc3c2)c1.Cl. The van der Waals surface area contributed by atoms with E-state index in [1.54, 1.807) is 18.9 Å². The standard InChI is InChI=1S/C32H41N7O2.ClH/c1-36-22-24(20-34-36)32-21-33-30-9-8-25(18-31(30)35-32)39(27-16-28(40-2)19-29(17-27)41-3)14-7-11-37-15-10-26(23-37)38-12-5-4-6-13-38;/h8-9,16-22,26H,4-7,10-15,23H2,1-3H3;1H. The average Bonchev–Trinajstić information content (AvgIpc) is 3.68. The maximum Gasteiger partial charge on any atom is 0.124 e. The van der Waals surface area contributed by atoms with Crippen molar-refractivity contribution in [2.75, 3.05) is 58.4 Å². The van der Waals surface area contributed by atoms with Gasteiger partial charge in [0.2, 0.25) is 0 Å².